The fourth-order valence-electron chi connectivity index (χ4n) is 5.72. The number of carbonyl (C=O) groups excluding carboxylic acids is 1. The Morgan fingerprint density at radius 2 is 1.85 bits per heavy atom. The van der Waals surface area contributed by atoms with Crippen molar-refractivity contribution in [2.45, 2.75) is 57.8 Å². The second-order valence-corrected chi connectivity index (χ2v) is 11.4. The summed E-state index contributed by atoms with van der Waals surface area (Å²) in [5.41, 5.74) is 5.22. The molecule has 0 unspecified atom stereocenters. The Bertz CT molecular complexity index is 1860. The summed E-state index contributed by atoms with van der Waals surface area (Å²) in [4.78, 5) is 23.1. The third kappa shape index (κ3) is 6.77. The van der Waals surface area contributed by atoms with Crippen LogP contribution in [0, 0.1) is 11.3 Å². The Balaban J connectivity index is 1.43. The van der Waals surface area contributed by atoms with E-state index in [2.05, 4.69) is 26.6 Å². The lowest BCUT2D eigenvalue weighted by atomic mass is 9.92. The number of aromatic nitrogens is 4. The van der Waals surface area contributed by atoms with E-state index in [0.717, 1.165) is 53.8 Å². The fourth-order valence-corrected chi connectivity index (χ4v) is 5.72. The quantitative estimate of drug-likeness (QED) is 0.189. The largest absolute Gasteiger partial charge is 0.497 e. The molecule has 11 nitrogen and oxygen atoms in total. The zero-order valence-corrected chi connectivity index (χ0v) is 25.8. The highest BCUT2D eigenvalue weighted by Crippen LogP contribution is 2.34. The number of methoxy groups -OCH3 is 1. The van der Waals surface area contributed by atoms with Crippen LogP contribution in [0.2, 0.25) is 0 Å². The van der Waals surface area contributed by atoms with Gasteiger partial charge in [0.05, 0.1) is 36.8 Å². The van der Waals surface area contributed by atoms with Gasteiger partial charge in [-0.1, -0.05) is 55.3 Å². The van der Waals surface area contributed by atoms with Crippen molar-refractivity contribution in [2.24, 2.45) is 0 Å². The summed E-state index contributed by atoms with van der Waals surface area (Å²) >= 11 is 0. The molecule has 1 aliphatic rings. The Morgan fingerprint density at radius 3 is 2.57 bits per heavy atom. The van der Waals surface area contributed by atoms with E-state index in [0.29, 0.717) is 41.8 Å². The molecule has 11 heteroatoms. The number of hydrogen-bond donors (Lipinski definition) is 3. The molecule has 0 saturated heterocycles. The molecule has 0 aliphatic heterocycles. The molecule has 0 bridgehead atoms. The number of pyridine rings is 1. The van der Waals surface area contributed by atoms with Crippen LogP contribution in [0.5, 0.6) is 5.75 Å². The lowest BCUT2D eigenvalue weighted by Gasteiger charge is -2.30. The number of imidazole rings is 1. The smallest absolute Gasteiger partial charge is 0.217 e. The van der Waals surface area contributed by atoms with Gasteiger partial charge in [-0.2, -0.15) is 9.78 Å². The van der Waals surface area contributed by atoms with E-state index in [1.165, 1.54) is 13.1 Å². The minimum atomic E-state index is -0.480. The Kier molecular flexibility index (Phi) is 9.08. The van der Waals surface area contributed by atoms with Gasteiger partial charge in [-0.05, 0) is 48.2 Å². The number of amides is 1. The molecular weight excluding hydrogens is 580 g/mol. The van der Waals surface area contributed by atoms with Crippen molar-refractivity contribution in [3.63, 3.8) is 0 Å². The number of nitriles is 1. The van der Waals surface area contributed by atoms with E-state index in [1.807, 2.05) is 72.8 Å². The summed E-state index contributed by atoms with van der Waals surface area (Å²) in [5.74, 6) is 1.89. The zero-order valence-electron chi connectivity index (χ0n) is 25.8. The summed E-state index contributed by atoms with van der Waals surface area (Å²) in [5, 5.41) is 31.6. The number of fused-ring (bicyclic) bond motifs is 1. The average Bonchev–Trinajstić information content (AvgIpc) is 3.51. The van der Waals surface area contributed by atoms with Crippen LogP contribution in [0.4, 0.5) is 17.3 Å². The first-order chi connectivity index (χ1) is 22.4. The van der Waals surface area contributed by atoms with Gasteiger partial charge in [-0.15, -0.1) is 5.10 Å². The van der Waals surface area contributed by atoms with Crippen LogP contribution in [0.1, 0.15) is 49.4 Å². The minimum Gasteiger partial charge on any atom is -0.497 e. The maximum atomic E-state index is 11.3. The number of ether oxygens (including phenoxy) is 1. The van der Waals surface area contributed by atoms with Crippen molar-refractivity contribution in [3.8, 4) is 23.1 Å². The first-order valence-electron chi connectivity index (χ1n) is 15.4. The second-order valence-electron chi connectivity index (χ2n) is 11.4. The van der Waals surface area contributed by atoms with Crippen LogP contribution in [-0.2, 0) is 17.9 Å². The third-order valence-corrected chi connectivity index (χ3v) is 8.22. The lowest BCUT2D eigenvalue weighted by molar-refractivity contribution is -0.119. The number of rotatable bonds is 10. The highest BCUT2D eigenvalue weighted by molar-refractivity contribution is 5.78. The highest BCUT2D eigenvalue weighted by atomic mass is 16.5. The lowest BCUT2D eigenvalue weighted by Crippen LogP contribution is -2.36. The standard InChI is InChI=1S/C35H36N8O3/c1-23(44)37-20-24-10-14-26(15-11-24)29-7-5-9-34(40-29)42(22-25-12-16-28(46-2)17-13-25)31-18-33(39-30-6-3-4-8-32(30)45)41-43-27(19-36)21-38-35(31)43/h5,7,9-18,21,30,32,45H,3-4,6,8,20,22H2,1-2H3,(H,37,44)(H,39,41)/t30-,32-/m1/s1. The van der Waals surface area contributed by atoms with Crippen LogP contribution < -0.4 is 20.3 Å². The van der Waals surface area contributed by atoms with Crippen LogP contribution in [0.3, 0.4) is 0 Å². The monoisotopic (exact) mass is 616 g/mol. The van der Waals surface area contributed by atoms with Crippen LogP contribution in [0.25, 0.3) is 16.9 Å². The molecule has 3 N–H and O–H groups in total. The van der Waals surface area contributed by atoms with Gasteiger partial charge in [0, 0.05) is 31.6 Å². The fraction of sp³-hybridized carbons (Fsp3) is 0.286. The molecule has 6 rings (SSSR count). The van der Waals surface area contributed by atoms with Crippen LogP contribution in [-0.4, -0.2) is 49.9 Å². The summed E-state index contributed by atoms with van der Waals surface area (Å²) in [7, 11) is 1.64. The first kappa shape index (κ1) is 30.6. The van der Waals surface area contributed by atoms with Gasteiger partial charge in [0.15, 0.2) is 11.3 Å². The Labute approximate surface area is 267 Å². The number of nitrogens with zero attached hydrogens (tertiary/aromatic N) is 6. The van der Waals surface area contributed by atoms with Gasteiger partial charge < -0.3 is 25.4 Å². The number of benzene rings is 2. The average molecular weight is 617 g/mol. The molecule has 234 valence electrons. The van der Waals surface area contributed by atoms with Crippen molar-refractivity contribution >= 4 is 28.9 Å². The molecule has 3 heterocycles. The molecule has 0 radical (unpaired) electrons. The van der Waals surface area contributed by atoms with E-state index < -0.39 is 6.10 Å². The van der Waals surface area contributed by atoms with Crippen molar-refractivity contribution in [2.75, 3.05) is 17.3 Å². The van der Waals surface area contributed by atoms with Crippen molar-refractivity contribution in [1.29, 1.82) is 5.26 Å². The molecule has 5 aromatic rings. The molecule has 0 spiro atoms. The van der Waals surface area contributed by atoms with Crippen molar-refractivity contribution < 1.29 is 14.6 Å². The van der Waals surface area contributed by atoms with E-state index in [1.54, 1.807) is 11.6 Å². The first-order valence-corrected chi connectivity index (χ1v) is 15.4. The number of anilines is 3. The zero-order chi connectivity index (χ0) is 32.0. The molecule has 1 amide bonds. The summed E-state index contributed by atoms with van der Waals surface area (Å²) in [6.07, 6.45) is 4.61. The number of aliphatic hydroxyl groups excluding tert-OH is 1. The summed E-state index contributed by atoms with van der Waals surface area (Å²) in [6.45, 7) is 2.40. The Morgan fingerprint density at radius 1 is 1.09 bits per heavy atom. The third-order valence-electron chi connectivity index (χ3n) is 8.22. The molecule has 2 atom stereocenters. The summed E-state index contributed by atoms with van der Waals surface area (Å²) < 4.78 is 6.93. The molecule has 2 aromatic carbocycles. The van der Waals surface area contributed by atoms with Crippen molar-refractivity contribution in [1.82, 2.24) is 24.9 Å². The number of aliphatic hydroxyl groups is 1. The molecule has 46 heavy (non-hydrogen) atoms. The van der Waals surface area contributed by atoms with Gasteiger partial charge in [0.25, 0.3) is 0 Å². The number of hydrogen-bond acceptors (Lipinski definition) is 9. The molecule has 1 fully saturated rings. The summed E-state index contributed by atoms with van der Waals surface area (Å²) in [6, 6.07) is 25.6. The maximum absolute atomic E-state index is 11.3. The van der Waals surface area contributed by atoms with Crippen LogP contribution >= 0.6 is 0 Å². The van der Waals surface area contributed by atoms with Crippen molar-refractivity contribution in [3.05, 3.63) is 95.8 Å². The van der Waals surface area contributed by atoms with E-state index in [9.17, 15) is 15.2 Å². The number of nitrogens with one attached hydrogen (secondary N) is 2. The molecule has 1 saturated carbocycles. The maximum Gasteiger partial charge on any atom is 0.217 e. The molecule has 3 aromatic heterocycles. The van der Waals surface area contributed by atoms with Gasteiger partial charge >= 0.3 is 0 Å². The van der Waals surface area contributed by atoms with E-state index >= 15 is 0 Å². The van der Waals surface area contributed by atoms with Gasteiger partial charge in [0.2, 0.25) is 5.91 Å². The van der Waals surface area contributed by atoms with Gasteiger partial charge in [-0.3, -0.25) is 4.79 Å². The SMILES string of the molecule is COc1ccc(CN(c2cccc(-c3ccc(CNC(C)=O)cc3)n2)c2cc(N[C@@H]3CCCC[C@H]3O)nn3c(C#N)cnc23)cc1. The Hall–Kier alpha value is -5.47. The topological polar surface area (TPSA) is 141 Å². The molecule has 1 aliphatic carbocycles. The molecular formula is C35H36N8O3. The van der Waals surface area contributed by atoms with E-state index in [-0.39, 0.29) is 11.9 Å². The predicted octanol–water partition coefficient (Wildman–Crippen LogP) is 5.36. The van der Waals surface area contributed by atoms with Crippen LogP contribution in [0.15, 0.2) is 79.0 Å². The normalized spacial score (nSPS) is 16.0. The van der Waals surface area contributed by atoms with Gasteiger partial charge in [-0.25, -0.2) is 9.97 Å². The minimum absolute atomic E-state index is 0.0757. The van der Waals surface area contributed by atoms with Gasteiger partial charge in [0.1, 0.15) is 23.5 Å². The number of carbonyl (C=O) groups is 1. The second kappa shape index (κ2) is 13.7. The van der Waals surface area contributed by atoms with E-state index in [4.69, 9.17) is 14.8 Å². The highest BCUT2D eigenvalue weighted by Gasteiger charge is 2.25. The predicted molar refractivity (Wildman–Crippen MR) is 176 cm³/mol.